The first-order valence-corrected chi connectivity index (χ1v) is 6.29. The van der Waals surface area contributed by atoms with Crippen molar-refractivity contribution in [3.05, 3.63) is 0 Å². The lowest BCUT2D eigenvalue weighted by Gasteiger charge is -2.21. The highest BCUT2D eigenvalue weighted by atomic mass is 35.7. The summed E-state index contributed by atoms with van der Waals surface area (Å²) in [6.07, 6.45) is -0.222. The van der Waals surface area contributed by atoms with E-state index in [2.05, 4.69) is 0 Å². The smallest absolute Gasteiger partial charge is 0.422 e. The van der Waals surface area contributed by atoms with E-state index in [9.17, 15) is 13.2 Å². The van der Waals surface area contributed by atoms with Crippen molar-refractivity contribution in [1.29, 1.82) is 0 Å². The molecule has 0 saturated carbocycles. The predicted molar refractivity (Wildman–Crippen MR) is 48.2 cm³/mol. The van der Waals surface area contributed by atoms with E-state index in [1.165, 1.54) is 4.72 Å². The van der Waals surface area contributed by atoms with Crippen LogP contribution in [0.25, 0.3) is 0 Å². The molecule has 0 aromatic heterocycles. The standard InChI is InChI=1S/C6H10ClNO5S/c7-14(10,11)8-6(9)13-5-1-3-12-4-2-5/h5H,1-4H2,(H,8,9). The number of halogens is 1. The number of amides is 1. The van der Waals surface area contributed by atoms with Crippen LogP contribution in [0, 0.1) is 0 Å². The van der Waals surface area contributed by atoms with Gasteiger partial charge in [0.15, 0.2) is 0 Å². The Bertz CT molecular complexity index is 297. The molecule has 1 rings (SSSR count). The number of hydrogen-bond donors (Lipinski definition) is 1. The number of rotatable bonds is 2. The highest BCUT2D eigenvalue weighted by Gasteiger charge is 2.20. The lowest BCUT2D eigenvalue weighted by Crippen LogP contribution is -2.33. The van der Waals surface area contributed by atoms with Crippen LogP contribution in [0.1, 0.15) is 12.8 Å². The van der Waals surface area contributed by atoms with E-state index >= 15 is 0 Å². The van der Waals surface area contributed by atoms with Crippen LogP contribution in [-0.4, -0.2) is 33.8 Å². The fourth-order valence-electron chi connectivity index (χ4n) is 1.07. The third-order valence-corrected chi connectivity index (χ3v) is 2.29. The topological polar surface area (TPSA) is 81.7 Å². The summed E-state index contributed by atoms with van der Waals surface area (Å²) in [6, 6.07) is 0. The van der Waals surface area contributed by atoms with Gasteiger partial charge in [0.1, 0.15) is 6.10 Å². The first-order valence-electron chi connectivity index (χ1n) is 3.98. The van der Waals surface area contributed by atoms with Gasteiger partial charge >= 0.3 is 15.3 Å². The highest BCUT2D eigenvalue weighted by molar-refractivity contribution is 8.12. The molecule has 6 nitrogen and oxygen atoms in total. The van der Waals surface area contributed by atoms with Crippen LogP contribution < -0.4 is 4.72 Å². The zero-order chi connectivity index (χ0) is 10.6. The molecule has 14 heavy (non-hydrogen) atoms. The molecule has 1 aliphatic heterocycles. The summed E-state index contributed by atoms with van der Waals surface area (Å²) >= 11 is 0. The van der Waals surface area contributed by atoms with Crippen LogP contribution >= 0.6 is 10.7 Å². The molecule has 0 aromatic carbocycles. The third-order valence-electron chi connectivity index (χ3n) is 1.65. The van der Waals surface area contributed by atoms with Gasteiger partial charge in [-0.2, -0.15) is 8.42 Å². The molecule has 8 heteroatoms. The summed E-state index contributed by atoms with van der Waals surface area (Å²) in [5.41, 5.74) is 0. The van der Waals surface area contributed by atoms with Gasteiger partial charge in [0.2, 0.25) is 0 Å². The molecule has 0 bridgehead atoms. The molecule has 0 aliphatic carbocycles. The van der Waals surface area contributed by atoms with Crippen molar-refractivity contribution in [2.24, 2.45) is 0 Å². The van der Waals surface area contributed by atoms with E-state index in [0.29, 0.717) is 26.1 Å². The number of nitrogens with one attached hydrogen (secondary N) is 1. The minimum absolute atomic E-state index is 0.304. The Morgan fingerprint density at radius 1 is 1.43 bits per heavy atom. The highest BCUT2D eigenvalue weighted by Crippen LogP contribution is 2.10. The fourth-order valence-corrected chi connectivity index (χ4v) is 1.50. The van der Waals surface area contributed by atoms with Crippen molar-refractivity contribution in [2.45, 2.75) is 18.9 Å². The van der Waals surface area contributed by atoms with Crippen LogP contribution in [0.2, 0.25) is 0 Å². The number of carbonyl (C=O) groups excluding carboxylic acids is 1. The molecule has 1 amide bonds. The molecular formula is C6H10ClNO5S. The van der Waals surface area contributed by atoms with Crippen molar-refractivity contribution in [3.8, 4) is 0 Å². The van der Waals surface area contributed by atoms with Gasteiger partial charge in [0, 0.05) is 23.5 Å². The molecule has 0 unspecified atom stereocenters. The van der Waals surface area contributed by atoms with Crippen LogP contribution in [0.15, 0.2) is 0 Å². The van der Waals surface area contributed by atoms with Gasteiger partial charge < -0.3 is 9.47 Å². The van der Waals surface area contributed by atoms with Crippen LogP contribution in [0.4, 0.5) is 4.79 Å². The molecule has 0 aromatic rings. The zero-order valence-corrected chi connectivity index (χ0v) is 8.81. The van der Waals surface area contributed by atoms with Crippen molar-refractivity contribution in [1.82, 2.24) is 4.72 Å². The maximum atomic E-state index is 10.9. The van der Waals surface area contributed by atoms with Gasteiger partial charge in [0.05, 0.1) is 13.2 Å². The van der Waals surface area contributed by atoms with Gasteiger partial charge in [-0.1, -0.05) is 0 Å². The third kappa shape index (κ3) is 4.64. The summed E-state index contributed by atoms with van der Waals surface area (Å²) in [7, 11) is 0.724. The summed E-state index contributed by atoms with van der Waals surface area (Å²) in [5, 5.41) is 0. The average molecular weight is 244 g/mol. The van der Waals surface area contributed by atoms with Gasteiger partial charge in [0.25, 0.3) is 0 Å². The summed E-state index contributed by atoms with van der Waals surface area (Å²) in [6.45, 7) is 1.01. The second kappa shape index (κ2) is 4.81. The molecule has 1 aliphatic rings. The van der Waals surface area contributed by atoms with E-state index < -0.39 is 15.3 Å². The summed E-state index contributed by atoms with van der Waals surface area (Å²) in [5.74, 6) is 0. The molecule has 0 atom stereocenters. The molecule has 0 spiro atoms. The normalized spacial score (nSPS) is 18.9. The van der Waals surface area contributed by atoms with Crippen LogP contribution in [0.3, 0.4) is 0 Å². The number of ether oxygens (including phenoxy) is 2. The average Bonchev–Trinajstić information content (AvgIpc) is 2.02. The van der Waals surface area contributed by atoms with Crippen molar-refractivity contribution in [3.63, 3.8) is 0 Å². The Morgan fingerprint density at radius 3 is 2.50 bits per heavy atom. The molecule has 1 saturated heterocycles. The molecule has 1 heterocycles. The van der Waals surface area contributed by atoms with E-state index in [1.807, 2.05) is 0 Å². The first-order chi connectivity index (χ1) is 6.47. The van der Waals surface area contributed by atoms with Crippen molar-refractivity contribution >= 4 is 26.0 Å². The Labute approximate surface area is 86.1 Å². The largest absolute Gasteiger partial charge is 0.445 e. The second-order valence-corrected chi connectivity index (χ2v) is 5.06. The minimum Gasteiger partial charge on any atom is -0.445 e. The van der Waals surface area contributed by atoms with Crippen LogP contribution in [0.5, 0.6) is 0 Å². The summed E-state index contributed by atoms with van der Waals surface area (Å²) < 4.78 is 32.1. The minimum atomic E-state index is -4.06. The van der Waals surface area contributed by atoms with Gasteiger partial charge in [-0.15, -0.1) is 0 Å². The Balaban J connectivity index is 2.32. The molecule has 1 fully saturated rings. The molecular weight excluding hydrogens is 234 g/mol. The predicted octanol–water partition coefficient (Wildman–Crippen LogP) is 0.375. The van der Waals surface area contributed by atoms with E-state index in [1.54, 1.807) is 0 Å². The van der Waals surface area contributed by atoms with Crippen LogP contribution in [-0.2, 0) is 18.7 Å². The quantitative estimate of drug-likeness (QED) is 0.709. The van der Waals surface area contributed by atoms with E-state index in [4.69, 9.17) is 20.2 Å². The second-order valence-electron chi connectivity index (χ2n) is 2.76. The van der Waals surface area contributed by atoms with Gasteiger partial charge in [-0.25, -0.2) is 9.52 Å². The SMILES string of the molecule is O=C(NS(=O)(=O)Cl)OC1CCOCC1. The van der Waals surface area contributed by atoms with E-state index in [0.717, 1.165) is 0 Å². The van der Waals surface area contributed by atoms with Gasteiger partial charge in [-0.3, -0.25) is 0 Å². The maximum Gasteiger partial charge on any atom is 0.422 e. The monoisotopic (exact) mass is 243 g/mol. The van der Waals surface area contributed by atoms with Crippen molar-refractivity contribution in [2.75, 3.05) is 13.2 Å². The van der Waals surface area contributed by atoms with Crippen molar-refractivity contribution < 1.29 is 22.7 Å². The zero-order valence-electron chi connectivity index (χ0n) is 7.23. The number of hydrogen-bond acceptors (Lipinski definition) is 5. The Hall–Kier alpha value is -0.530. The lowest BCUT2D eigenvalue weighted by atomic mass is 10.2. The van der Waals surface area contributed by atoms with Gasteiger partial charge in [-0.05, 0) is 0 Å². The summed E-state index contributed by atoms with van der Waals surface area (Å²) in [4.78, 5) is 10.9. The fraction of sp³-hybridized carbons (Fsp3) is 0.833. The number of carbonyl (C=O) groups is 1. The molecule has 82 valence electrons. The Kier molecular flexibility index (Phi) is 3.97. The lowest BCUT2D eigenvalue weighted by molar-refractivity contribution is 0.00338. The first kappa shape index (κ1) is 11.5. The van der Waals surface area contributed by atoms with E-state index in [-0.39, 0.29) is 6.10 Å². The molecule has 0 radical (unpaired) electrons. The Morgan fingerprint density at radius 2 is 2.00 bits per heavy atom. The maximum absolute atomic E-state index is 10.9. The molecule has 1 N–H and O–H groups in total.